The molecule has 0 aromatic carbocycles. The van der Waals surface area contributed by atoms with Crippen molar-refractivity contribution in [3.8, 4) is 0 Å². The van der Waals surface area contributed by atoms with Gasteiger partial charge in [-0.3, -0.25) is 4.79 Å². The zero-order chi connectivity index (χ0) is 14.5. The lowest BCUT2D eigenvalue weighted by molar-refractivity contribution is -0.127. The van der Waals surface area contributed by atoms with Crippen LogP contribution in [0.25, 0.3) is 0 Å². The Labute approximate surface area is 124 Å². The molecule has 1 N–H and O–H groups in total. The number of aromatic nitrogens is 2. The number of carbonyl (C=O) groups excluding carboxylic acids is 1. The molecule has 0 spiro atoms. The molecule has 3 rings (SSSR count). The van der Waals surface area contributed by atoms with Crippen LogP contribution in [0.1, 0.15) is 25.1 Å². The van der Waals surface area contributed by atoms with Gasteiger partial charge in [0.25, 0.3) is 0 Å². The van der Waals surface area contributed by atoms with Crippen molar-refractivity contribution in [1.29, 1.82) is 0 Å². The SMILES string of the molecule is O=C(COCC1CCCO1)NCC1CCn2ccnc2C1. The van der Waals surface area contributed by atoms with Gasteiger partial charge in [-0.25, -0.2) is 4.98 Å². The Balaban J connectivity index is 1.31. The fourth-order valence-electron chi connectivity index (χ4n) is 2.96. The first-order chi connectivity index (χ1) is 10.3. The predicted octanol–water partition coefficient (Wildman–Crippen LogP) is 0.757. The average molecular weight is 293 g/mol. The second kappa shape index (κ2) is 7.04. The number of aryl methyl sites for hydroxylation is 1. The highest BCUT2D eigenvalue weighted by Gasteiger charge is 2.20. The quantitative estimate of drug-likeness (QED) is 0.841. The number of hydrogen-bond acceptors (Lipinski definition) is 4. The summed E-state index contributed by atoms with van der Waals surface area (Å²) in [4.78, 5) is 16.1. The van der Waals surface area contributed by atoms with E-state index in [-0.39, 0.29) is 18.6 Å². The number of ether oxygens (including phenoxy) is 2. The van der Waals surface area contributed by atoms with Crippen LogP contribution in [0.5, 0.6) is 0 Å². The highest BCUT2D eigenvalue weighted by atomic mass is 16.5. The molecule has 0 saturated carbocycles. The zero-order valence-corrected chi connectivity index (χ0v) is 12.3. The minimum Gasteiger partial charge on any atom is -0.376 e. The van der Waals surface area contributed by atoms with Crippen LogP contribution >= 0.6 is 0 Å². The van der Waals surface area contributed by atoms with Gasteiger partial charge >= 0.3 is 0 Å². The summed E-state index contributed by atoms with van der Waals surface area (Å²) >= 11 is 0. The minimum absolute atomic E-state index is 0.0399. The Hall–Kier alpha value is -1.40. The van der Waals surface area contributed by atoms with Gasteiger partial charge in [-0.2, -0.15) is 0 Å². The van der Waals surface area contributed by atoms with Crippen LogP contribution < -0.4 is 5.32 Å². The van der Waals surface area contributed by atoms with Crippen LogP contribution in [-0.4, -0.2) is 47.9 Å². The van der Waals surface area contributed by atoms with Gasteiger partial charge in [0.1, 0.15) is 12.4 Å². The van der Waals surface area contributed by atoms with E-state index in [1.165, 1.54) is 0 Å². The first-order valence-corrected chi connectivity index (χ1v) is 7.77. The molecule has 6 heteroatoms. The first kappa shape index (κ1) is 14.5. The molecule has 2 unspecified atom stereocenters. The zero-order valence-electron chi connectivity index (χ0n) is 12.3. The predicted molar refractivity (Wildman–Crippen MR) is 76.8 cm³/mol. The summed E-state index contributed by atoms with van der Waals surface area (Å²) in [6, 6.07) is 0. The van der Waals surface area contributed by atoms with Crippen LogP contribution in [0.4, 0.5) is 0 Å². The standard InChI is InChI=1S/C15H23N3O3/c19-15(11-20-10-13-2-1-7-21-13)17-9-12-3-5-18-6-4-16-14(18)8-12/h4,6,12-13H,1-3,5,7-11H2,(H,17,19). The topological polar surface area (TPSA) is 65.4 Å². The number of nitrogens with zero attached hydrogens (tertiary/aromatic N) is 2. The number of rotatable bonds is 6. The minimum atomic E-state index is -0.0399. The van der Waals surface area contributed by atoms with Crippen molar-refractivity contribution in [2.24, 2.45) is 5.92 Å². The lowest BCUT2D eigenvalue weighted by Crippen LogP contribution is -2.35. The summed E-state index contributed by atoms with van der Waals surface area (Å²) in [6.45, 7) is 3.16. The molecule has 0 bridgehead atoms. The maximum atomic E-state index is 11.8. The Morgan fingerprint density at radius 2 is 2.48 bits per heavy atom. The molecule has 1 saturated heterocycles. The monoisotopic (exact) mass is 293 g/mol. The summed E-state index contributed by atoms with van der Waals surface area (Å²) < 4.78 is 13.0. The number of fused-ring (bicyclic) bond motifs is 1. The molecule has 2 atom stereocenters. The third kappa shape index (κ3) is 4.04. The molecule has 0 radical (unpaired) electrons. The van der Waals surface area contributed by atoms with Crippen LogP contribution in [-0.2, 0) is 27.2 Å². The number of amides is 1. The number of nitrogens with one attached hydrogen (secondary N) is 1. The van der Waals surface area contributed by atoms with E-state index in [0.29, 0.717) is 19.1 Å². The molecule has 3 heterocycles. The Kier molecular flexibility index (Phi) is 4.87. The van der Waals surface area contributed by atoms with Crippen molar-refractivity contribution >= 4 is 5.91 Å². The van der Waals surface area contributed by atoms with Crippen molar-refractivity contribution in [2.75, 3.05) is 26.4 Å². The van der Waals surface area contributed by atoms with Crippen molar-refractivity contribution in [1.82, 2.24) is 14.9 Å². The normalized spacial score (nSPS) is 24.8. The van der Waals surface area contributed by atoms with Crippen molar-refractivity contribution in [3.63, 3.8) is 0 Å². The van der Waals surface area contributed by atoms with Gasteiger partial charge in [-0.1, -0.05) is 0 Å². The summed E-state index contributed by atoms with van der Waals surface area (Å²) in [7, 11) is 0. The van der Waals surface area contributed by atoms with Crippen LogP contribution in [0.3, 0.4) is 0 Å². The smallest absolute Gasteiger partial charge is 0.246 e. The van der Waals surface area contributed by atoms with Gasteiger partial charge in [0.15, 0.2) is 0 Å². The molecule has 2 aliphatic rings. The van der Waals surface area contributed by atoms with E-state index in [0.717, 1.165) is 44.7 Å². The molecule has 6 nitrogen and oxygen atoms in total. The molecule has 0 aliphatic carbocycles. The summed E-state index contributed by atoms with van der Waals surface area (Å²) in [6.07, 6.45) is 8.19. The third-order valence-corrected chi connectivity index (χ3v) is 4.20. The van der Waals surface area contributed by atoms with Crippen molar-refractivity contribution in [3.05, 3.63) is 18.2 Å². The molecular weight excluding hydrogens is 270 g/mol. The summed E-state index contributed by atoms with van der Waals surface area (Å²) in [5.74, 6) is 1.55. The maximum Gasteiger partial charge on any atom is 0.246 e. The summed E-state index contributed by atoms with van der Waals surface area (Å²) in [5, 5.41) is 2.96. The van der Waals surface area contributed by atoms with Crippen LogP contribution in [0.15, 0.2) is 12.4 Å². The van der Waals surface area contributed by atoms with E-state index in [1.807, 2.05) is 12.4 Å². The Morgan fingerprint density at radius 3 is 3.33 bits per heavy atom. The van der Waals surface area contributed by atoms with E-state index in [1.54, 1.807) is 0 Å². The van der Waals surface area contributed by atoms with Crippen LogP contribution in [0.2, 0.25) is 0 Å². The van der Waals surface area contributed by atoms with Crippen molar-refractivity contribution in [2.45, 2.75) is 38.3 Å². The molecule has 1 aromatic rings. The van der Waals surface area contributed by atoms with Gasteiger partial charge in [0, 0.05) is 38.5 Å². The lowest BCUT2D eigenvalue weighted by atomic mass is 9.98. The molecule has 21 heavy (non-hydrogen) atoms. The highest BCUT2D eigenvalue weighted by Crippen LogP contribution is 2.18. The molecule has 2 aliphatic heterocycles. The highest BCUT2D eigenvalue weighted by molar-refractivity contribution is 5.77. The maximum absolute atomic E-state index is 11.8. The lowest BCUT2D eigenvalue weighted by Gasteiger charge is -2.23. The van der Waals surface area contributed by atoms with Gasteiger partial charge in [0.05, 0.1) is 12.7 Å². The van der Waals surface area contributed by atoms with Crippen molar-refractivity contribution < 1.29 is 14.3 Å². The Bertz CT molecular complexity index is 468. The van der Waals surface area contributed by atoms with E-state index in [9.17, 15) is 4.79 Å². The largest absolute Gasteiger partial charge is 0.376 e. The fraction of sp³-hybridized carbons (Fsp3) is 0.733. The Morgan fingerprint density at radius 1 is 1.52 bits per heavy atom. The van der Waals surface area contributed by atoms with Gasteiger partial charge in [-0.05, 0) is 25.2 Å². The van der Waals surface area contributed by atoms with E-state index < -0.39 is 0 Å². The second-order valence-electron chi connectivity index (χ2n) is 5.85. The average Bonchev–Trinajstić information content (AvgIpc) is 3.15. The fourth-order valence-corrected chi connectivity index (χ4v) is 2.96. The van der Waals surface area contributed by atoms with Gasteiger partial charge < -0.3 is 19.4 Å². The molecular formula is C15H23N3O3. The second-order valence-corrected chi connectivity index (χ2v) is 5.85. The number of hydrogen-bond donors (Lipinski definition) is 1. The molecule has 116 valence electrons. The number of carbonyl (C=O) groups is 1. The molecule has 1 aromatic heterocycles. The third-order valence-electron chi connectivity index (χ3n) is 4.20. The van der Waals surface area contributed by atoms with E-state index in [2.05, 4.69) is 14.9 Å². The van der Waals surface area contributed by atoms with Gasteiger partial charge in [-0.15, -0.1) is 0 Å². The van der Waals surface area contributed by atoms with Crippen LogP contribution in [0, 0.1) is 5.92 Å². The van der Waals surface area contributed by atoms with E-state index >= 15 is 0 Å². The van der Waals surface area contributed by atoms with Gasteiger partial charge in [0.2, 0.25) is 5.91 Å². The molecule has 1 amide bonds. The summed E-state index contributed by atoms with van der Waals surface area (Å²) in [5.41, 5.74) is 0. The number of imidazole rings is 1. The first-order valence-electron chi connectivity index (χ1n) is 7.77. The molecule has 1 fully saturated rings. The van der Waals surface area contributed by atoms with E-state index in [4.69, 9.17) is 9.47 Å².